The molecule has 1 N–H and O–H groups in total. The molecule has 1 aliphatic heterocycles. The fraction of sp³-hybridized carbons (Fsp3) is 0.400. The number of anilines is 2. The van der Waals surface area contributed by atoms with Crippen LogP contribution in [0.25, 0.3) is 0 Å². The van der Waals surface area contributed by atoms with E-state index in [0.29, 0.717) is 17.0 Å². The van der Waals surface area contributed by atoms with E-state index in [0.717, 1.165) is 25.3 Å². The van der Waals surface area contributed by atoms with E-state index in [4.69, 9.17) is 9.47 Å². The van der Waals surface area contributed by atoms with Gasteiger partial charge in [0.15, 0.2) is 0 Å². The topological polar surface area (TPSA) is 91.4 Å². The van der Waals surface area contributed by atoms with Crippen LogP contribution in [0.15, 0.2) is 48.5 Å². The van der Waals surface area contributed by atoms with Crippen LogP contribution in [-0.4, -0.2) is 87.6 Å². The first-order valence-corrected chi connectivity index (χ1v) is 11.2. The lowest BCUT2D eigenvalue weighted by molar-refractivity contribution is -0.134. The monoisotopic (exact) mass is 468 g/mol. The van der Waals surface area contributed by atoms with Crippen molar-refractivity contribution in [3.8, 4) is 5.75 Å². The predicted octanol–water partition coefficient (Wildman–Crippen LogP) is 2.09. The van der Waals surface area contributed by atoms with Gasteiger partial charge in [0.25, 0.3) is 0 Å². The van der Waals surface area contributed by atoms with Crippen molar-refractivity contribution in [2.45, 2.75) is 13.0 Å². The van der Waals surface area contributed by atoms with Crippen LogP contribution >= 0.6 is 0 Å². The number of likely N-dealkylation sites (N-methyl/N-ethyl adjacent to an activating group) is 1. The Morgan fingerprint density at radius 2 is 1.82 bits per heavy atom. The minimum absolute atomic E-state index is 0.0308. The van der Waals surface area contributed by atoms with Crippen LogP contribution in [-0.2, 0) is 14.3 Å². The van der Waals surface area contributed by atoms with Crippen molar-refractivity contribution < 1.29 is 23.9 Å². The van der Waals surface area contributed by atoms with Crippen molar-refractivity contribution in [1.29, 1.82) is 0 Å². The zero-order valence-electron chi connectivity index (χ0n) is 20.1. The first kappa shape index (κ1) is 25.0. The lowest BCUT2D eigenvalue weighted by atomic mass is 10.1. The summed E-state index contributed by atoms with van der Waals surface area (Å²) in [5, 5.41) is 2.79. The number of nitrogens with one attached hydrogen (secondary N) is 1. The number of piperazine rings is 1. The average Bonchev–Trinajstić information content (AvgIpc) is 2.84. The van der Waals surface area contributed by atoms with Gasteiger partial charge in [-0.05, 0) is 43.3 Å². The number of hydrogen-bond donors (Lipinski definition) is 1. The molecule has 1 atom stereocenters. The van der Waals surface area contributed by atoms with Crippen LogP contribution in [0.5, 0.6) is 5.75 Å². The van der Waals surface area contributed by atoms with E-state index in [1.54, 1.807) is 50.6 Å². The first-order chi connectivity index (χ1) is 16.3. The molecule has 1 saturated heterocycles. The molecule has 9 heteroatoms. The maximum atomic E-state index is 12.8. The number of carbonyl (C=O) groups is 3. The standard InChI is InChI=1S/C25H32N4O5/c1-18-15-29(21-10-8-19(9-11-21)25(32)34-4)13-12-28(18)17-24(31)27(2)16-23(30)26-20-6-5-7-22(14-20)33-3/h5-11,14,18H,12-13,15-17H2,1-4H3,(H,26,30). The Labute approximate surface area is 200 Å². The van der Waals surface area contributed by atoms with Crippen molar-refractivity contribution >= 4 is 29.2 Å². The van der Waals surface area contributed by atoms with Gasteiger partial charge in [-0.25, -0.2) is 4.79 Å². The Morgan fingerprint density at radius 3 is 2.47 bits per heavy atom. The highest BCUT2D eigenvalue weighted by Crippen LogP contribution is 2.20. The first-order valence-electron chi connectivity index (χ1n) is 11.2. The SMILES string of the molecule is COC(=O)c1ccc(N2CCN(CC(=O)N(C)CC(=O)Nc3cccc(OC)c3)C(C)C2)cc1. The highest BCUT2D eigenvalue weighted by atomic mass is 16.5. The Morgan fingerprint density at radius 1 is 1.09 bits per heavy atom. The smallest absolute Gasteiger partial charge is 0.337 e. The lowest BCUT2D eigenvalue weighted by Crippen LogP contribution is -2.54. The Balaban J connectivity index is 1.48. The number of ether oxygens (including phenoxy) is 2. The molecule has 0 aliphatic carbocycles. The van der Waals surface area contributed by atoms with E-state index in [-0.39, 0.29) is 36.9 Å². The lowest BCUT2D eigenvalue weighted by Gasteiger charge is -2.41. The second-order valence-corrected chi connectivity index (χ2v) is 8.33. The number of nitrogens with zero attached hydrogens (tertiary/aromatic N) is 3. The number of benzene rings is 2. The number of esters is 1. The van der Waals surface area contributed by atoms with Gasteiger partial charge in [-0.2, -0.15) is 0 Å². The van der Waals surface area contributed by atoms with Crippen molar-refractivity contribution in [1.82, 2.24) is 9.80 Å². The maximum absolute atomic E-state index is 12.8. The second-order valence-electron chi connectivity index (χ2n) is 8.33. The van der Waals surface area contributed by atoms with Crippen LogP contribution in [0, 0.1) is 0 Å². The van der Waals surface area contributed by atoms with E-state index < -0.39 is 0 Å². The van der Waals surface area contributed by atoms with Gasteiger partial charge < -0.3 is 24.6 Å². The summed E-state index contributed by atoms with van der Waals surface area (Å²) >= 11 is 0. The van der Waals surface area contributed by atoms with Crippen molar-refractivity contribution in [3.63, 3.8) is 0 Å². The number of methoxy groups -OCH3 is 2. The summed E-state index contributed by atoms with van der Waals surface area (Å²) in [5.41, 5.74) is 2.16. The fourth-order valence-electron chi connectivity index (χ4n) is 3.89. The van der Waals surface area contributed by atoms with Crippen LogP contribution in [0.4, 0.5) is 11.4 Å². The summed E-state index contributed by atoms with van der Waals surface area (Å²) in [5.74, 6) is -0.0831. The van der Waals surface area contributed by atoms with E-state index in [9.17, 15) is 14.4 Å². The van der Waals surface area contributed by atoms with Crippen LogP contribution in [0.2, 0.25) is 0 Å². The highest BCUT2D eigenvalue weighted by molar-refractivity contribution is 5.94. The molecule has 0 spiro atoms. The predicted molar refractivity (Wildman–Crippen MR) is 130 cm³/mol. The fourth-order valence-corrected chi connectivity index (χ4v) is 3.89. The second kappa shape index (κ2) is 11.5. The number of carbonyl (C=O) groups excluding carboxylic acids is 3. The highest BCUT2D eigenvalue weighted by Gasteiger charge is 2.27. The molecule has 1 heterocycles. The van der Waals surface area contributed by atoms with Gasteiger partial charge in [-0.15, -0.1) is 0 Å². The van der Waals surface area contributed by atoms with Crippen molar-refractivity contribution in [3.05, 3.63) is 54.1 Å². The third-order valence-electron chi connectivity index (χ3n) is 5.92. The molecule has 2 aromatic carbocycles. The average molecular weight is 469 g/mol. The van der Waals surface area contributed by atoms with Gasteiger partial charge in [0, 0.05) is 50.2 Å². The largest absolute Gasteiger partial charge is 0.497 e. The molecule has 1 unspecified atom stereocenters. The summed E-state index contributed by atoms with van der Waals surface area (Å²) < 4.78 is 9.91. The minimum Gasteiger partial charge on any atom is -0.497 e. The molecule has 9 nitrogen and oxygen atoms in total. The van der Waals surface area contributed by atoms with Gasteiger partial charge in [-0.3, -0.25) is 14.5 Å². The molecule has 1 aliphatic rings. The molecule has 34 heavy (non-hydrogen) atoms. The molecule has 182 valence electrons. The molecule has 2 aromatic rings. The maximum Gasteiger partial charge on any atom is 0.337 e. The van der Waals surface area contributed by atoms with Gasteiger partial charge in [0.2, 0.25) is 11.8 Å². The minimum atomic E-state index is -0.357. The van der Waals surface area contributed by atoms with Crippen LogP contribution in [0.3, 0.4) is 0 Å². The zero-order chi connectivity index (χ0) is 24.7. The van der Waals surface area contributed by atoms with Crippen LogP contribution in [0.1, 0.15) is 17.3 Å². The molecule has 0 saturated carbocycles. The van der Waals surface area contributed by atoms with Crippen molar-refractivity contribution in [2.24, 2.45) is 0 Å². The van der Waals surface area contributed by atoms with Gasteiger partial charge in [0.1, 0.15) is 5.75 Å². The number of amides is 2. The summed E-state index contributed by atoms with van der Waals surface area (Å²) in [4.78, 5) is 42.6. The Bertz CT molecular complexity index is 1010. The summed E-state index contributed by atoms with van der Waals surface area (Å²) in [6.07, 6.45) is 0. The summed E-state index contributed by atoms with van der Waals surface area (Å²) in [6.45, 7) is 4.53. The van der Waals surface area contributed by atoms with Crippen LogP contribution < -0.4 is 15.0 Å². The molecule has 3 rings (SSSR count). The van der Waals surface area contributed by atoms with E-state index in [1.807, 2.05) is 12.1 Å². The summed E-state index contributed by atoms with van der Waals surface area (Å²) in [7, 11) is 4.56. The third-order valence-corrected chi connectivity index (χ3v) is 5.92. The number of hydrogen-bond acceptors (Lipinski definition) is 7. The molecule has 0 bridgehead atoms. The molecular weight excluding hydrogens is 436 g/mol. The molecule has 0 aromatic heterocycles. The van der Waals surface area contributed by atoms with E-state index >= 15 is 0 Å². The Kier molecular flexibility index (Phi) is 8.48. The van der Waals surface area contributed by atoms with Gasteiger partial charge >= 0.3 is 5.97 Å². The quantitative estimate of drug-likeness (QED) is 0.593. The van der Waals surface area contributed by atoms with Gasteiger partial charge in [0.05, 0.1) is 32.9 Å². The summed E-state index contributed by atoms with van der Waals surface area (Å²) in [6, 6.07) is 14.6. The third kappa shape index (κ3) is 6.48. The van der Waals surface area contributed by atoms with E-state index in [1.165, 1.54) is 12.0 Å². The number of rotatable bonds is 8. The normalized spacial score (nSPS) is 16.0. The molecule has 0 radical (unpaired) electrons. The molecule has 1 fully saturated rings. The van der Waals surface area contributed by atoms with Gasteiger partial charge in [-0.1, -0.05) is 6.07 Å². The van der Waals surface area contributed by atoms with E-state index in [2.05, 4.69) is 22.0 Å². The zero-order valence-corrected chi connectivity index (χ0v) is 20.1. The molecule has 2 amide bonds. The molecular formula is C25H32N4O5. The van der Waals surface area contributed by atoms with Crippen molar-refractivity contribution in [2.75, 3.05) is 64.2 Å². The Hall–Kier alpha value is -3.59.